The molecule has 0 aliphatic carbocycles. The molecule has 0 radical (unpaired) electrons. The molecule has 0 spiro atoms. The quantitative estimate of drug-likeness (QED) is 0.638. The normalized spacial score (nSPS) is 11.1. The van der Waals surface area contributed by atoms with E-state index >= 15 is 0 Å². The summed E-state index contributed by atoms with van der Waals surface area (Å²) < 4.78 is 1.70. The molecule has 2 heterocycles. The standard InChI is InChI=1S/C9H12N4O3S/c10-8-11-6-5(7(15)12-8)17-9(16)13(6)3-1-2-4-14/h14H,1-4H2,(H3,10,11,12,15). The second kappa shape index (κ2) is 4.68. The zero-order chi connectivity index (χ0) is 12.4. The number of aryl methyl sites for hydroxylation is 1. The average molecular weight is 256 g/mol. The summed E-state index contributed by atoms with van der Waals surface area (Å²) in [6.07, 6.45) is 1.25. The third-order valence-corrected chi connectivity index (χ3v) is 3.30. The summed E-state index contributed by atoms with van der Waals surface area (Å²) in [5, 5.41) is 8.69. The van der Waals surface area contributed by atoms with E-state index in [2.05, 4.69) is 9.97 Å². The van der Waals surface area contributed by atoms with Crippen molar-refractivity contribution >= 4 is 27.6 Å². The van der Waals surface area contributed by atoms with Crippen LogP contribution in [0.15, 0.2) is 9.59 Å². The maximum absolute atomic E-state index is 11.7. The van der Waals surface area contributed by atoms with Crippen molar-refractivity contribution in [1.29, 1.82) is 0 Å². The van der Waals surface area contributed by atoms with Crippen molar-refractivity contribution in [2.75, 3.05) is 12.3 Å². The van der Waals surface area contributed by atoms with Crippen LogP contribution in [0.3, 0.4) is 0 Å². The molecule has 0 aliphatic heterocycles. The lowest BCUT2D eigenvalue weighted by molar-refractivity contribution is 0.281. The number of hydrogen-bond acceptors (Lipinski definition) is 6. The zero-order valence-corrected chi connectivity index (χ0v) is 9.79. The molecule has 0 atom stereocenters. The highest BCUT2D eigenvalue weighted by Crippen LogP contribution is 2.11. The Balaban J connectivity index is 2.51. The number of aromatic nitrogens is 3. The van der Waals surface area contributed by atoms with Crippen LogP contribution in [-0.2, 0) is 6.54 Å². The number of nitrogen functional groups attached to an aromatic ring is 1. The lowest BCUT2D eigenvalue weighted by Gasteiger charge is -2.01. The van der Waals surface area contributed by atoms with Crippen LogP contribution in [0.5, 0.6) is 0 Å². The van der Waals surface area contributed by atoms with Crippen molar-refractivity contribution < 1.29 is 5.11 Å². The van der Waals surface area contributed by atoms with Gasteiger partial charge in [-0.1, -0.05) is 11.3 Å². The van der Waals surface area contributed by atoms with Gasteiger partial charge in [-0.25, -0.2) is 0 Å². The third kappa shape index (κ3) is 2.22. The Hall–Kier alpha value is -1.67. The highest BCUT2D eigenvalue weighted by atomic mass is 32.1. The second-order valence-corrected chi connectivity index (χ2v) is 4.52. The number of H-pyrrole nitrogens is 1. The zero-order valence-electron chi connectivity index (χ0n) is 8.97. The van der Waals surface area contributed by atoms with Gasteiger partial charge in [0.25, 0.3) is 5.56 Å². The topological polar surface area (TPSA) is 114 Å². The molecule has 8 heteroatoms. The number of hydrogen-bond donors (Lipinski definition) is 3. The van der Waals surface area contributed by atoms with E-state index in [4.69, 9.17) is 10.8 Å². The van der Waals surface area contributed by atoms with E-state index < -0.39 is 5.56 Å². The first-order valence-corrected chi connectivity index (χ1v) is 5.95. The van der Waals surface area contributed by atoms with Crippen molar-refractivity contribution in [2.24, 2.45) is 0 Å². The molecule has 0 aliphatic rings. The number of aromatic amines is 1. The molecule has 4 N–H and O–H groups in total. The summed E-state index contributed by atoms with van der Waals surface area (Å²) in [5.74, 6) is -0.00351. The first-order valence-electron chi connectivity index (χ1n) is 5.13. The van der Waals surface area contributed by atoms with Gasteiger partial charge in [-0.3, -0.25) is 19.1 Å². The highest BCUT2D eigenvalue weighted by molar-refractivity contribution is 7.16. The van der Waals surface area contributed by atoms with E-state index in [-0.39, 0.29) is 22.1 Å². The number of unbranched alkanes of at least 4 members (excludes halogenated alkanes) is 1. The molecule has 0 unspecified atom stereocenters. The van der Waals surface area contributed by atoms with E-state index in [9.17, 15) is 9.59 Å². The summed E-state index contributed by atoms with van der Waals surface area (Å²) in [6.45, 7) is 0.502. The fraction of sp³-hybridized carbons (Fsp3) is 0.444. The summed E-state index contributed by atoms with van der Waals surface area (Å²) in [6, 6.07) is 0. The Morgan fingerprint density at radius 3 is 2.88 bits per heavy atom. The molecule has 2 rings (SSSR count). The number of nitrogens with two attached hydrogens (primary N) is 1. The van der Waals surface area contributed by atoms with Crippen molar-refractivity contribution in [1.82, 2.24) is 14.5 Å². The van der Waals surface area contributed by atoms with Gasteiger partial charge < -0.3 is 10.8 Å². The van der Waals surface area contributed by atoms with Crippen molar-refractivity contribution in [2.45, 2.75) is 19.4 Å². The summed E-state index contributed by atoms with van der Waals surface area (Å²) in [4.78, 5) is 29.3. The van der Waals surface area contributed by atoms with Gasteiger partial charge in [-0.15, -0.1) is 0 Å². The first kappa shape index (κ1) is 11.8. The van der Waals surface area contributed by atoms with Gasteiger partial charge in [-0.05, 0) is 12.8 Å². The van der Waals surface area contributed by atoms with E-state index in [0.717, 1.165) is 11.3 Å². The number of rotatable bonds is 4. The van der Waals surface area contributed by atoms with E-state index in [1.165, 1.54) is 4.57 Å². The fourth-order valence-corrected chi connectivity index (χ4v) is 2.40. The number of aliphatic hydroxyl groups excluding tert-OH is 1. The second-order valence-electron chi connectivity index (χ2n) is 3.55. The Morgan fingerprint density at radius 1 is 1.41 bits per heavy atom. The lowest BCUT2D eigenvalue weighted by Crippen LogP contribution is -2.15. The molecule has 0 saturated heterocycles. The number of thiazole rings is 1. The van der Waals surface area contributed by atoms with Crippen LogP contribution in [0.4, 0.5) is 5.95 Å². The maximum atomic E-state index is 11.7. The van der Waals surface area contributed by atoms with Gasteiger partial charge in [0.15, 0.2) is 5.65 Å². The summed E-state index contributed by atoms with van der Waals surface area (Å²) >= 11 is 0.855. The van der Waals surface area contributed by atoms with Gasteiger partial charge in [0, 0.05) is 13.2 Å². The van der Waals surface area contributed by atoms with Crippen LogP contribution < -0.4 is 16.2 Å². The minimum absolute atomic E-state index is 0.00351. The van der Waals surface area contributed by atoms with Gasteiger partial charge in [-0.2, -0.15) is 4.98 Å². The van der Waals surface area contributed by atoms with Crippen molar-refractivity contribution in [3.63, 3.8) is 0 Å². The van der Waals surface area contributed by atoms with E-state index in [1.54, 1.807) is 0 Å². The van der Waals surface area contributed by atoms with E-state index in [1.807, 2.05) is 0 Å². The summed E-state index contributed by atoms with van der Waals surface area (Å²) in [5.41, 5.74) is 5.37. The Kier molecular flexibility index (Phi) is 3.25. The highest BCUT2D eigenvalue weighted by Gasteiger charge is 2.12. The first-order chi connectivity index (χ1) is 8.13. The van der Waals surface area contributed by atoms with Gasteiger partial charge in [0.1, 0.15) is 4.70 Å². The maximum Gasteiger partial charge on any atom is 0.309 e. The number of nitrogens with one attached hydrogen (secondary N) is 1. The number of fused-ring (bicyclic) bond motifs is 1. The SMILES string of the molecule is Nc1nc2c(sc(=O)n2CCCCO)c(=O)[nH]1. The molecule has 0 aromatic carbocycles. The molecular weight excluding hydrogens is 244 g/mol. The van der Waals surface area contributed by atoms with Crippen LogP contribution in [0, 0.1) is 0 Å². The Labute approximate surface area is 99.5 Å². The molecule has 17 heavy (non-hydrogen) atoms. The Bertz CT molecular complexity index is 642. The predicted molar refractivity (Wildman–Crippen MR) is 65.2 cm³/mol. The van der Waals surface area contributed by atoms with Gasteiger partial charge >= 0.3 is 4.87 Å². The van der Waals surface area contributed by atoms with Crippen LogP contribution in [0.1, 0.15) is 12.8 Å². The number of anilines is 1. The third-order valence-electron chi connectivity index (χ3n) is 2.33. The van der Waals surface area contributed by atoms with Crippen LogP contribution in [0.2, 0.25) is 0 Å². The molecule has 0 amide bonds. The van der Waals surface area contributed by atoms with E-state index in [0.29, 0.717) is 25.0 Å². The molecule has 2 aromatic heterocycles. The molecule has 0 fully saturated rings. The minimum Gasteiger partial charge on any atom is -0.396 e. The van der Waals surface area contributed by atoms with Crippen LogP contribution in [-0.4, -0.2) is 26.2 Å². The van der Waals surface area contributed by atoms with Gasteiger partial charge in [0.2, 0.25) is 5.95 Å². The Morgan fingerprint density at radius 2 is 2.18 bits per heavy atom. The molecule has 2 aromatic rings. The molecular formula is C9H12N4O3S. The lowest BCUT2D eigenvalue weighted by atomic mass is 10.3. The number of aliphatic hydroxyl groups is 1. The summed E-state index contributed by atoms with van der Waals surface area (Å²) in [7, 11) is 0. The van der Waals surface area contributed by atoms with Crippen molar-refractivity contribution in [3.05, 3.63) is 20.0 Å². The molecule has 7 nitrogen and oxygen atoms in total. The largest absolute Gasteiger partial charge is 0.396 e. The van der Waals surface area contributed by atoms with Crippen LogP contribution >= 0.6 is 11.3 Å². The number of nitrogens with zero attached hydrogens (tertiary/aromatic N) is 2. The fourth-order valence-electron chi connectivity index (χ4n) is 1.55. The molecule has 0 bridgehead atoms. The van der Waals surface area contributed by atoms with Crippen LogP contribution in [0.25, 0.3) is 10.3 Å². The molecule has 0 saturated carbocycles. The van der Waals surface area contributed by atoms with Crippen molar-refractivity contribution in [3.8, 4) is 0 Å². The average Bonchev–Trinajstić information content (AvgIpc) is 2.57. The molecule has 92 valence electrons. The smallest absolute Gasteiger partial charge is 0.309 e. The monoisotopic (exact) mass is 256 g/mol. The van der Waals surface area contributed by atoms with Gasteiger partial charge in [0.05, 0.1) is 0 Å². The predicted octanol–water partition coefficient (Wildman–Crippen LogP) is -0.499. The minimum atomic E-state index is -0.393.